The maximum Gasteiger partial charge on any atom is 0.407 e. The summed E-state index contributed by atoms with van der Waals surface area (Å²) >= 11 is 6.23. The summed E-state index contributed by atoms with van der Waals surface area (Å²) in [7, 11) is 0. The van der Waals surface area contributed by atoms with E-state index in [1.165, 1.54) is 0 Å². The second kappa shape index (κ2) is 15.2. The number of esters is 1. The highest BCUT2D eigenvalue weighted by Gasteiger charge is 2.29. The van der Waals surface area contributed by atoms with Crippen molar-refractivity contribution in [3.8, 4) is 0 Å². The van der Waals surface area contributed by atoms with Gasteiger partial charge in [0.1, 0.15) is 11.2 Å². The molecule has 1 aromatic heterocycles. The number of aromatic nitrogens is 2. The van der Waals surface area contributed by atoms with Gasteiger partial charge in [-0.05, 0) is 86.1 Å². The summed E-state index contributed by atoms with van der Waals surface area (Å²) in [6.45, 7) is 11.2. The van der Waals surface area contributed by atoms with Crippen LogP contribution in [-0.2, 0) is 25.6 Å². The van der Waals surface area contributed by atoms with Crippen LogP contribution in [0, 0.1) is 5.92 Å². The van der Waals surface area contributed by atoms with E-state index in [0.29, 0.717) is 24.2 Å². The van der Waals surface area contributed by atoms with Gasteiger partial charge >= 0.3 is 12.1 Å². The molecule has 0 aromatic carbocycles. The number of hydrogen-bond donors (Lipinski definition) is 2. The number of nitrogens with zero attached hydrogens (tertiary/aromatic N) is 2. The maximum atomic E-state index is 12.8. The van der Waals surface area contributed by atoms with Gasteiger partial charge in [-0.1, -0.05) is 30.5 Å². The van der Waals surface area contributed by atoms with Crippen molar-refractivity contribution in [3.05, 3.63) is 28.8 Å². The summed E-state index contributed by atoms with van der Waals surface area (Å²) in [5, 5.41) is 6.07. The molecule has 0 radical (unpaired) electrons. The van der Waals surface area contributed by atoms with Gasteiger partial charge < -0.3 is 20.1 Å². The number of rotatable bonds is 11. The second-order valence-corrected chi connectivity index (χ2v) is 12.4. The van der Waals surface area contributed by atoms with E-state index in [-0.39, 0.29) is 35.5 Å². The molecule has 2 amide bonds. The molecule has 1 aliphatic carbocycles. The van der Waals surface area contributed by atoms with Gasteiger partial charge in [-0.15, -0.1) is 0 Å². The van der Waals surface area contributed by atoms with Crippen LogP contribution in [0.5, 0.6) is 0 Å². The zero-order valence-electron chi connectivity index (χ0n) is 24.3. The highest BCUT2D eigenvalue weighted by Crippen LogP contribution is 2.25. The van der Waals surface area contributed by atoms with Crippen LogP contribution < -0.4 is 10.6 Å². The Bertz CT molecular complexity index is 1000. The minimum atomic E-state index is -0.567. The fourth-order valence-electron chi connectivity index (χ4n) is 4.27. The maximum absolute atomic E-state index is 12.8. The molecule has 10 heteroatoms. The molecule has 2 rings (SSSR count). The van der Waals surface area contributed by atoms with E-state index in [9.17, 15) is 14.4 Å². The highest BCUT2D eigenvalue weighted by atomic mass is 35.5. The van der Waals surface area contributed by atoms with E-state index in [4.69, 9.17) is 21.1 Å². The minimum Gasteiger partial charge on any atom is -0.460 e. The Balaban J connectivity index is 1.76. The fraction of sp³-hybridized carbons (Fsp3) is 0.690. The molecular weight excluding hydrogens is 520 g/mol. The smallest absolute Gasteiger partial charge is 0.407 e. The van der Waals surface area contributed by atoms with Gasteiger partial charge in [-0.25, -0.2) is 14.8 Å². The molecule has 9 nitrogen and oxygen atoms in total. The molecule has 218 valence electrons. The van der Waals surface area contributed by atoms with Crippen molar-refractivity contribution in [1.29, 1.82) is 0 Å². The second-order valence-electron chi connectivity index (χ2n) is 12.0. The van der Waals surface area contributed by atoms with E-state index < -0.39 is 17.3 Å². The normalized spacial score (nSPS) is 18.0. The van der Waals surface area contributed by atoms with Crippen LogP contribution in [0.15, 0.2) is 12.3 Å². The molecule has 1 saturated carbocycles. The topological polar surface area (TPSA) is 120 Å². The van der Waals surface area contributed by atoms with Crippen molar-refractivity contribution in [3.63, 3.8) is 0 Å². The van der Waals surface area contributed by atoms with Crippen molar-refractivity contribution in [1.82, 2.24) is 20.6 Å². The van der Waals surface area contributed by atoms with Crippen LogP contribution in [0.25, 0.3) is 6.08 Å². The Morgan fingerprint density at radius 2 is 1.77 bits per heavy atom. The van der Waals surface area contributed by atoms with Gasteiger partial charge in [0, 0.05) is 18.4 Å². The molecule has 1 fully saturated rings. The fourth-order valence-corrected chi connectivity index (χ4v) is 4.43. The van der Waals surface area contributed by atoms with Crippen molar-refractivity contribution in [2.24, 2.45) is 5.92 Å². The lowest BCUT2D eigenvalue weighted by Gasteiger charge is -2.30. The van der Waals surface area contributed by atoms with Crippen LogP contribution in [0.2, 0.25) is 5.15 Å². The molecule has 0 spiro atoms. The van der Waals surface area contributed by atoms with Crippen molar-refractivity contribution < 1.29 is 23.9 Å². The molecule has 0 bridgehead atoms. The van der Waals surface area contributed by atoms with Crippen LogP contribution in [-0.4, -0.2) is 45.2 Å². The van der Waals surface area contributed by atoms with E-state index in [1.54, 1.807) is 6.20 Å². The van der Waals surface area contributed by atoms with E-state index in [0.717, 1.165) is 44.9 Å². The third-order valence-corrected chi connectivity index (χ3v) is 6.28. The molecule has 0 saturated heterocycles. The minimum absolute atomic E-state index is 0.0871. The number of alkyl carbamates (subject to hydrolysis) is 1. The lowest BCUT2D eigenvalue weighted by molar-refractivity contribution is -0.154. The molecule has 1 aromatic rings. The number of amides is 2. The average molecular weight is 565 g/mol. The predicted molar refractivity (Wildman–Crippen MR) is 152 cm³/mol. The Morgan fingerprint density at radius 1 is 1.05 bits per heavy atom. The van der Waals surface area contributed by atoms with Crippen molar-refractivity contribution in [2.75, 3.05) is 0 Å². The highest BCUT2D eigenvalue weighted by molar-refractivity contribution is 6.30. The number of ether oxygens (including phenoxy) is 2. The van der Waals surface area contributed by atoms with Crippen LogP contribution >= 0.6 is 11.6 Å². The summed E-state index contributed by atoms with van der Waals surface area (Å²) in [6, 6.07) is -0.0986. The molecular formula is C29H45ClN4O5. The first kappa shape index (κ1) is 32.5. The van der Waals surface area contributed by atoms with Gasteiger partial charge in [0.25, 0.3) is 0 Å². The van der Waals surface area contributed by atoms with Crippen LogP contribution in [0.4, 0.5) is 4.79 Å². The third-order valence-electron chi connectivity index (χ3n) is 5.97. The van der Waals surface area contributed by atoms with Crippen molar-refractivity contribution in [2.45, 2.75) is 123 Å². The van der Waals surface area contributed by atoms with Gasteiger partial charge in [0.15, 0.2) is 5.15 Å². The largest absolute Gasteiger partial charge is 0.460 e. The number of carbonyl (C=O) groups is 3. The first-order valence-corrected chi connectivity index (χ1v) is 14.3. The number of unbranched alkanes of at least 4 members (excludes halogenated alkanes) is 3. The Morgan fingerprint density at radius 3 is 2.46 bits per heavy atom. The zero-order chi connectivity index (χ0) is 29.1. The van der Waals surface area contributed by atoms with Gasteiger partial charge in [0.2, 0.25) is 5.91 Å². The summed E-state index contributed by atoms with van der Waals surface area (Å²) < 4.78 is 10.7. The number of halogens is 1. The van der Waals surface area contributed by atoms with Gasteiger partial charge in [-0.3, -0.25) is 9.59 Å². The SMILES string of the molecule is CC(C)(C)OC(=O)CCCCC/C=C/c1cnc(Cl)c(CNC(=O)[C@@H]2CCC[C@@H](NC(=O)OC(C)(C)C)C2)n1. The summed E-state index contributed by atoms with van der Waals surface area (Å²) in [4.78, 5) is 45.5. The number of carbonyl (C=O) groups excluding carboxylic acids is 3. The molecule has 0 aliphatic heterocycles. The Labute approximate surface area is 237 Å². The molecule has 2 atom stereocenters. The number of hydrogen-bond acceptors (Lipinski definition) is 7. The molecule has 1 aliphatic rings. The molecule has 39 heavy (non-hydrogen) atoms. The van der Waals surface area contributed by atoms with Gasteiger partial charge in [-0.2, -0.15) is 0 Å². The standard InChI is InChI=1S/C29H45ClN4O5/c1-28(2,3)38-24(35)16-11-9-7-8-10-14-22-18-31-25(30)23(33-22)19-32-26(36)20-13-12-15-21(17-20)34-27(37)39-29(4,5)6/h10,14,18,20-21H,7-9,11-13,15-17,19H2,1-6H3,(H,32,36)(H,34,37)/b14-10+/t20-,21-/m1/s1. The zero-order valence-corrected chi connectivity index (χ0v) is 25.0. The number of allylic oxidation sites excluding steroid dienone is 1. The lowest BCUT2D eigenvalue weighted by atomic mass is 9.85. The first-order valence-electron chi connectivity index (χ1n) is 13.9. The van der Waals surface area contributed by atoms with Gasteiger partial charge in [0.05, 0.1) is 24.1 Å². The van der Waals surface area contributed by atoms with Crippen molar-refractivity contribution >= 4 is 35.6 Å². The molecule has 0 unspecified atom stereocenters. The quantitative estimate of drug-likeness (QED) is 0.245. The molecule has 2 N–H and O–H groups in total. The first-order chi connectivity index (χ1) is 18.2. The van der Waals surface area contributed by atoms with Crippen LogP contribution in [0.3, 0.4) is 0 Å². The summed E-state index contributed by atoms with van der Waals surface area (Å²) in [5.74, 6) is -0.449. The third kappa shape index (κ3) is 13.8. The lowest BCUT2D eigenvalue weighted by Crippen LogP contribution is -2.44. The monoisotopic (exact) mass is 564 g/mol. The summed E-state index contributed by atoms with van der Waals surface area (Å²) in [5.41, 5.74) is 0.157. The van der Waals surface area contributed by atoms with E-state index in [2.05, 4.69) is 20.6 Å². The van der Waals surface area contributed by atoms with E-state index in [1.807, 2.05) is 53.7 Å². The summed E-state index contributed by atoms with van der Waals surface area (Å²) in [6.07, 6.45) is 12.0. The number of nitrogens with one attached hydrogen (secondary N) is 2. The van der Waals surface area contributed by atoms with E-state index >= 15 is 0 Å². The Hall–Kier alpha value is -2.68. The molecule has 1 heterocycles. The predicted octanol–water partition coefficient (Wildman–Crippen LogP) is 6.14. The van der Waals surface area contributed by atoms with Crippen LogP contribution in [0.1, 0.15) is 111 Å². The average Bonchev–Trinajstić information content (AvgIpc) is 2.81. The Kier molecular flexibility index (Phi) is 12.7.